The molecule has 0 radical (unpaired) electrons. The Morgan fingerprint density at radius 1 is 1.18 bits per heavy atom. The minimum atomic E-state index is -0.906. The van der Waals surface area contributed by atoms with Crippen LogP contribution < -0.4 is 10.1 Å². The van der Waals surface area contributed by atoms with Crippen molar-refractivity contribution in [3.63, 3.8) is 0 Å². The summed E-state index contributed by atoms with van der Waals surface area (Å²) in [6, 6.07) is 11.4. The first-order chi connectivity index (χ1) is 18.4. The number of hydrogen-bond donors (Lipinski definition) is 1. The first-order valence-corrected chi connectivity index (χ1v) is 12.4. The number of ether oxygens (including phenoxy) is 1. The minimum absolute atomic E-state index is 0.154. The number of aromatic nitrogens is 1. The fraction of sp³-hybridized carbons (Fsp3) is 0.276. The number of likely N-dealkylation sites (tertiary alicyclic amines) is 1. The molecule has 3 heterocycles. The number of amides is 1. The number of pyridine rings is 1. The molecule has 0 saturated carbocycles. The highest BCUT2D eigenvalue weighted by Crippen LogP contribution is 2.27. The summed E-state index contributed by atoms with van der Waals surface area (Å²) in [6.07, 6.45) is 5.95. The molecule has 3 aromatic rings. The standard InChI is InChI=1S/C29H27F2N5O2/c1-35-12-9-23(18-35)38-28-8-11-33-27-7-5-20(13-24(27)28)3-2-10-34-29(37)22-15-32-19-36(17-22)16-21-4-6-25(30)26(31)14-21/h4-8,11,13-15,19,23H,9-10,12,16-18H2,1H3,(H,34,37). The molecule has 1 N–H and O–H groups in total. The molecule has 194 valence electrons. The van der Waals surface area contributed by atoms with Crippen LogP contribution in [0.4, 0.5) is 8.78 Å². The van der Waals surface area contributed by atoms with Crippen LogP contribution in [-0.2, 0) is 11.3 Å². The number of hydrogen-bond acceptors (Lipinski definition) is 6. The monoisotopic (exact) mass is 515 g/mol. The second kappa shape index (κ2) is 11.4. The number of benzene rings is 2. The number of carbonyl (C=O) groups excluding carboxylic acids is 1. The van der Waals surface area contributed by atoms with Crippen LogP contribution in [0.25, 0.3) is 10.9 Å². The third-order valence-corrected chi connectivity index (χ3v) is 6.41. The molecule has 2 aliphatic rings. The van der Waals surface area contributed by atoms with Crippen LogP contribution in [0.1, 0.15) is 17.5 Å². The number of likely N-dealkylation sites (N-methyl/N-ethyl adjacent to an activating group) is 1. The summed E-state index contributed by atoms with van der Waals surface area (Å²) >= 11 is 0. The second-order valence-corrected chi connectivity index (χ2v) is 9.39. The molecule has 1 atom stereocenters. The Kier molecular flexibility index (Phi) is 7.61. The number of nitrogens with one attached hydrogen (secondary N) is 1. The average Bonchev–Trinajstić information content (AvgIpc) is 3.33. The van der Waals surface area contributed by atoms with Gasteiger partial charge >= 0.3 is 0 Å². The molecule has 1 amide bonds. The van der Waals surface area contributed by atoms with Crippen molar-refractivity contribution in [2.45, 2.75) is 19.1 Å². The summed E-state index contributed by atoms with van der Waals surface area (Å²) in [4.78, 5) is 25.2. The maximum atomic E-state index is 13.5. The molecule has 2 aliphatic heterocycles. The van der Waals surface area contributed by atoms with Crippen LogP contribution >= 0.6 is 0 Å². The van der Waals surface area contributed by atoms with Gasteiger partial charge in [0.2, 0.25) is 0 Å². The lowest BCUT2D eigenvalue weighted by Crippen LogP contribution is -2.34. The number of fused-ring (bicyclic) bond motifs is 1. The molecular formula is C29H27F2N5O2. The fourth-order valence-electron chi connectivity index (χ4n) is 4.47. The van der Waals surface area contributed by atoms with E-state index < -0.39 is 11.6 Å². The van der Waals surface area contributed by atoms with Gasteiger partial charge in [0.1, 0.15) is 11.9 Å². The van der Waals surface area contributed by atoms with Crippen LogP contribution in [-0.4, -0.2) is 66.4 Å². The predicted octanol–water partition coefficient (Wildman–Crippen LogP) is 3.49. The molecule has 9 heteroatoms. The lowest BCUT2D eigenvalue weighted by atomic mass is 10.1. The number of carbonyl (C=O) groups is 1. The van der Waals surface area contributed by atoms with Crippen molar-refractivity contribution in [3.05, 3.63) is 83.2 Å². The van der Waals surface area contributed by atoms with Crippen molar-refractivity contribution >= 4 is 23.1 Å². The van der Waals surface area contributed by atoms with Gasteiger partial charge in [-0.15, -0.1) is 0 Å². The zero-order chi connectivity index (χ0) is 26.5. The number of nitrogens with zero attached hydrogens (tertiary/aromatic N) is 4. The zero-order valence-electron chi connectivity index (χ0n) is 21.0. The Morgan fingerprint density at radius 3 is 2.89 bits per heavy atom. The molecule has 38 heavy (non-hydrogen) atoms. The normalized spacial score (nSPS) is 17.2. The van der Waals surface area contributed by atoms with Crippen molar-refractivity contribution in [2.24, 2.45) is 4.99 Å². The number of rotatable bonds is 6. The lowest BCUT2D eigenvalue weighted by molar-refractivity contribution is -0.117. The van der Waals surface area contributed by atoms with Crippen molar-refractivity contribution in [1.82, 2.24) is 20.1 Å². The maximum absolute atomic E-state index is 13.5. The van der Waals surface area contributed by atoms with Gasteiger partial charge in [-0.2, -0.15) is 0 Å². The topological polar surface area (TPSA) is 70.1 Å². The summed E-state index contributed by atoms with van der Waals surface area (Å²) < 4.78 is 32.9. The van der Waals surface area contributed by atoms with Crippen LogP contribution in [0.15, 0.2) is 65.4 Å². The van der Waals surface area contributed by atoms with Crippen LogP contribution in [0, 0.1) is 23.5 Å². The summed E-state index contributed by atoms with van der Waals surface area (Å²) in [5, 5.41) is 3.70. The molecule has 1 fully saturated rings. The van der Waals surface area contributed by atoms with E-state index in [0.29, 0.717) is 24.2 Å². The van der Waals surface area contributed by atoms with E-state index in [9.17, 15) is 13.6 Å². The first-order valence-electron chi connectivity index (χ1n) is 12.4. The summed E-state index contributed by atoms with van der Waals surface area (Å²) in [7, 11) is 2.09. The van der Waals surface area contributed by atoms with Crippen molar-refractivity contribution in [3.8, 4) is 17.6 Å². The number of aliphatic imine (C=N–C) groups is 1. The van der Waals surface area contributed by atoms with E-state index in [-0.39, 0.29) is 18.6 Å². The zero-order valence-corrected chi connectivity index (χ0v) is 21.0. The molecule has 1 unspecified atom stereocenters. The van der Waals surface area contributed by atoms with Crippen molar-refractivity contribution < 1.29 is 18.3 Å². The van der Waals surface area contributed by atoms with E-state index in [4.69, 9.17) is 4.74 Å². The highest BCUT2D eigenvalue weighted by Gasteiger charge is 2.21. The largest absolute Gasteiger partial charge is 0.488 e. The summed E-state index contributed by atoms with van der Waals surface area (Å²) in [5.74, 6) is 4.79. The van der Waals surface area contributed by atoms with Gasteiger partial charge in [0.05, 0.1) is 30.5 Å². The maximum Gasteiger partial charge on any atom is 0.251 e. The second-order valence-electron chi connectivity index (χ2n) is 9.39. The molecule has 0 aliphatic carbocycles. The molecule has 2 aromatic carbocycles. The highest BCUT2D eigenvalue weighted by molar-refractivity contribution is 5.95. The predicted molar refractivity (Wildman–Crippen MR) is 142 cm³/mol. The minimum Gasteiger partial charge on any atom is -0.488 e. The van der Waals surface area contributed by atoms with E-state index in [1.807, 2.05) is 24.3 Å². The third-order valence-electron chi connectivity index (χ3n) is 6.41. The smallest absolute Gasteiger partial charge is 0.251 e. The SMILES string of the molecule is CN1CCC(Oc2ccnc3ccc(C#CCNC(=O)C4=CN=CN(Cc5ccc(F)c(F)c5)C4)cc23)C1. The molecule has 1 saturated heterocycles. The first kappa shape index (κ1) is 25.4. The van der Waals surface area contributed by atoms with E-state index in [1.165, 1.54) is 12.3 Å². The molecule has 7 nitrogen and oxygen atoms in total. The molecule has 0 bridgehead atoms. The van der Waals surface area contributed by atoms with Gasteiger partial charge in [-0.1, -0.05) is 17.9 Å². The van der Waals surface area contributed by atoms with Gasteiger partial charge in [0.15, 0.2) is 11.6 Å². The van der Waals surface area contributed by atoms with Gasteiger partial charge in [-0.25, -0.2) is 13.8 Å². The molecule has 5 rings (SSSR count). The molecule has 0 spiro atoms. The quantitative estimate of drug-likeness (QED) is 0.509. The van der Waals surface area contributed by atoms with Gasteiger partial charge in [-0.3, -0.25) is 9.78 Å². The van der Waals surface area contributed by atoms with Crippen molar-refractivity contribution in [2.75, 3.05) is 33.2 Å². The van der Waals surface area contributed by atoms with E-state index in [2.05, 4.69) is 39.1 Å². The Balaban J connectivity index is 1.17. The summed E-state index contributed by atoms with van der Waals surface area (Å²) in [6.45, 7) is 2.66. The van der Waals surface area contributed by atoms with Crippen molar-refractivity contribution in [1.29, 1.82) is 0 Å². The Morgan fingerprint density at radius 2 is 2.08 bits per heavy atom. The van der Waals surface area contributed by atoms with E-state index in [0.717, 1.165) is 53.9 Å². The van der Waals surface area contributed by atoms with Gasteiger partial charge in [-0.05, 0) is 55.4 Å². The van der Waals surface area contributed by atoms with Gasteiger partial charge in [0, 0.05) is 43.0 Å². The van der Waals surface area contributed by atoms with Crippen LogP contribution in [0.2, 0.25) is 0 Å². The lowest BCUT2D eigenvalue weighted by Gasteiger charge is -2.23. The fourth-order valence-corrected chi connectivity index (χ4v) is 4.47. The van der Waals surface area contributed by atoms with E-state index in [1.54, 1.807) is 17.4 Å². The Labute approximate surface area is 219 Å². The highest BCUT2D eigenvalue weighted by atomic mass is 19.2. The van der Waals surface area contributed by atoms with Gasteiger partial charge in [0.25, 0.3) is 5.91 Å². The van der Waals surface area contributed by atoms with E-state index >= 15 is 0 Å². The molecule has 1 aromatic heterocycles. The Bertz CT molecular complexity index is 1480. The number of halogens is 2. The molecular weight excluding hydrogens is 488 g/mol. The van der Waals surface area contributed by atoms with Gasteiger partial charge < -0.3 is 19.9 Å². The van der Waals surface area contributed by atoms with Crippen LogP contribution in [0.5, 0.6) is 5.75 Å². The third kappa shape index (κ3) is 6.15. The van der Waals surface area contributed by atoms with Crippen LogP contribution in [0.3, 0.4) is 0 Å². The Hall–Kier alpha value is -4.29. The average molecular weight is 516 g/mol. The summed E-state index contributed by atoms with van der Waals surface area (Å²) in [5.41, 5.74) is 2.67.